The maximum Gasteiger partial charge on any atom is 0.303 e. The van der Waals surface area contributed by atoms with E-state index in [1.54, 1.807) is 31.2 Å². The second-order valence-electron chi connectivity index (χ2n) is 3.83. The number of aliphatic carboxylic acids is 1. The van der Waals surface area contributed by atoms with Gasteiger partial charge in [-0.2, -0.15) is 0 Å². The van der Waals surface area contributed by atoms with Gasteiger partial charge in [0.15, 0.2) is 0 Å². The van der Waals surface area contributed by atoms with Crippen molar-refractivity contribution in [2.24, 2.45) is 0 Å². The minimum atomic E-state index is -1.08. The Kier molecular flexibility index (Phi) is 6.02. The third kappa shape index (κ3) is 4.97. The van der Waals surface area contributed by atoms with Crippen molar-refractivity contribution in [3.63, 3.8) is 0 Å². The van der Waals surface area contributed by atoms with Gasteiger partial charge < -0.3 is 9.84 Å². The molecule has 3 N–H and O–H groups in total. The Morgan fingerprint density at radius 2 is 1.85 bits per heavy atom. The van der Waals surface area contributed by atoms with Gasteiger partial charge in [0.05, 0.1) is 18.6 Å². The van der Waals surface area contributed by atoms with Gasteiger partial charge in [-0.3, -0.25) is 25.2 Å². The van der Waals surface area contributed by atoms with Crippen molar-refractivity contribution in [3.05, 3.63) is 29.8 Å². The van der Waals surface area contributed by atoms with Crippen molar-refractivity contribution < 1.29 is 24.2 Å². The fourth-order valence-corrected chi connectivity index (χ4v) is 1.41. The smallest absolute Gasteiger partial charge is 0.303 e. The molecular weight excluding hydrogens is 264 g/mol. The van der Waals surface area contributed by atoms with Gasteiger partial charge in [-0.25, -0.2) is 0 Å². The van der Waals surface area contributed by atoms with Crippen molar-refractivity contribution in [2.45, 2.75) is 19.8 Å². The first-order valence-corrected chi connectivity index (χ1v) is 6.07. The van der Waals surface area contributed by atoms with E-state index < -0.39 is 17.8 Å². The molecule has 0 aliphatic rings. The van der Waals surface area contributed by atoms with Crippen LogP contribution in [0.15, 0.2) is 24.3 Å². The van der Waals surface area contributed by atoms with Crippen molar-refractivity contribution in [2.75, 3.05) is 6.61 Å². The second kappa shape index (κ2) is 7.78. The van der Waals surface area contributed by atoms with Gasteiger partial charge in [-0.15, -0.1) is 0 Å². The summed E-state index contributed by atoms with van der Waals surface area (Å²) in [5.74, 6) is -1.77. The quantitative estimate of drug-likeness (QED) is 0.666. The maximum absolute atomic E-state index is 11.9. The number of ether oxygens (including phenoxy) is 1. The van der Waals surface area contributed by atoms with Crippen LogP contribution in [0, 0.1) is 0 Å². The summed E-state index contributed by atoms with van der Waals surface area (Å²) in [5, 5.41) is 8.43. The van der Waals surface area contributed by atoms with Crippen molar-refractivity contribution >= 4 is 17.8 Å². The lowest BCUT2D eigenvalue weighted by Gasteiger charge is -2.10. The molecule has 0 saturated heterocycles. The fourth-order valence-electron chi connectivity index (χ4n) is 1.41. The molecular formula is C13H16N2O5. The van der Waals surface area contributed by atoms with Crippen LogP contribution in [0.25, 0.3) is 0 Å². The van der Waals surface area contributed by atoms with Gasteiger partial charge >= 0.3 is 5.97 Å². The van der Waals surface area contributed by atoms with E-state index in [-0.39, 0.29) is 18.4 Å². The Bertz CT molecular complexity index is 501. The minimum absolute atomic E-state index is 0.206. The van der Waals surface area contributed by atoms with Crippen LogP contribution in [0.2, 0.25) is 0 Å². The minimum Gasteiger partial charge on any atom is -0.493 e. The molecule has 1 aromatic rings. The molecule has 0 spiro atoms. The number of hydrazine groups is 1. The summed E-state index contributed by atoms with van der Waals surface area (Å²) < 4.78 is 5.29. The number of carboxylic acid groups (broad SMARTS) is 1. The number of para-hydroxylation sites is 1. The molecule has 0 heterocycles. The first-order valence-electron chi connectivity index (χ1n) is 6.07. The Hall–Kier alpha value is -2.57. The van der Waals surface area contributed by atoms with Crippen LogP contribution in [-0.2, 0) is 9.59 Å². The van der Waals surface area contributed by atoms with Crippen LogP contribution in [0.3, 0.4) is 0 Å². The van der Waals surface area contributed by atoms with Gasteiger partial charge in [-0.05, 0) is 19.1 Å². The highest BCUT2D eigenvalue weighted by atomic mass is 16.5. The number of hydrogen-bond acceptors (Lipinski definition) is 4. The van der Waals surface area contributed by atoms with E-state index in [2.05, 4.69) is 10.9 Å². The van der Waals surface area contributed by atoms with Crippen molar-refractivity contribution in [3.8, 4) is 5.75 Å². The summed E-state index contributed by atoms with van der Waals surface area (Å²) in [6.45, 7) is 2.21. The maximum atomic E-state index is 11.9. The van der Waals surface area contributed by atoms with Crippen molar-refractivity contribution in [1.29, 1.82) is 0 Å². The highest BCUT2D eigenvalue weighted by Crippen LogP contribution is 2.17. The fraction of sp³-hybridized carbons (Fsp3) is 0.308. The highest BCUT2D eigenvalue weighted by molar-refractivity contribution is 5.97. The van der Waals surface area contributed by atoms with E-state index in [0.717, 1.165) is 0 Å². The van der Waals surface area contributed by atoms with Crippen molar-refractivity contribution in [1.82, 2.24) is 10.9 Å². The molecule has 1 rings (SSSR count). The average Bonchev–Trinajstić information content (AvgIpc) is 2.43. The van der Waals surface area contributed by atoms with Gasteiger partial charge in [0.2, 0.25) is 5.91 Å². The van der Waals surface area contributed by atoms with Gasteiger partial charge in [0, 0.05) is 6.42 Å². The molecule has 2 amide bonds. The zero-order valence-corrected chi connectivity index (χ0v) is 11.0. The van der Waals surface area contributed by atoms with Crippen LogP contribution in [0.4, 0.5) is 0 Å². The largest absolute Gasteiger partial charge is 0.493 e. The molecule has 0 fully saturated rings. The second-order valence-corrected chi connectivity index (χ2v) is 3.83. The number of carbonyl (C=O) groups is 3. The number of hydrogen-bond donors (Lipinski definition) is 3. The average molecular weight is 280 g/mol. The highest BCUT2D eigenvalue weighted by Gasteiger charge is 2.12. The zero-order chi connectivity index (χ0) is 15.0. The van der Waals surface area contributed by atoms with Crippen LogP contribution < -0.4 is 15.6 Å². The van der Waals surface area contributed by atoms with E-state index >= 15 is 0 Å². The Labute approximate surface area is 115 Å². The number of rotatable bonds is 6. The Balaban J connectivity index is 2.54. The zero-order valence-electron chi connectivity index (χ0n) is 11.0. The SMILES string of the molecule is CCOc1ccccc1C(=O)NNC(=O)CCC(=O)O. The molecule has 1 aromatic carbocycles. The molecule has 0 saturated carbocycles. The lowest BCUT2D eigenvalue weighted by Crippen LogP contribution is -2.41. The number of amides is 2. The molecule has 0 bridgehead atoms. The molecule has 0 aromatic heterocycles. The summed E-state index contributed by atoms with van der Waals surface area (Å²) in [6, 6.07) is 6.60. The number of carbonyl (C=O) groups excluding carboxylic acids is 2. The predicted octanol–water partition coefficient (Wildman–Crippen LogP) is 0.711. The summed E-state index contributed by atoms with van der Waals surface area (Å²) in [4.78, 5) is 33.4. The standard InChI is InChI=1S/C13H16N2O5/c1-2-20-10-6-4-3-5-9(10)13(19)15-14-11(16)7-8-12(17)18/h3-6H,2,7-8H2,1H3,(H,14,16)(H,15,19)(H,17,18). The third-order valence-corrected chi connectivity index (χ3v) is 2.31. The molecule has 0 aliphatic carbocycles. The van der Waals surface area contributed by atoms with Gasteiger partial charge in [0.1, 0.15) is 5.75 Å². The van der Waals surface area contributed by atoms with E-state index in [9.17, 15) is 14.4 Å². The molecule has 20 heavy (non-hydrogen) atoms. The molecule has 7 nitrogen and oxygen atoms in total. The number of benzene rings is 1. The topological polar surface area (TPSA) is 105 Å². The monoisotopic (exact) mass is 280 g/mol. The van der Waals surface area contributed by atoms with Gasteiger partial charge in [-0.1, -0.05) is 12.1 Å². The number of carboxylic acids is 1. The van der Waals surface area contributed by atoms with Gasteiger partial charge in [0.25, 0.3) is 5.91 Å². The van der Waals surface area contributed by atoms with E-state index in [1.807, 2.05) is 0 Å². The predicted molar refractivity (Wildman–Crippen MR) is 70.1 cm³/mol. The molecule has 7 heteroatoms. The third-order valence-electron chi connectivity index (χ3n) is 2.31. The normalized spacial score (nSPS) is 9.65. The van der Waals surface area contributed by atoms with Crippen LogP contribution >= 0.6 is 0 Å². The Morgan fingerprint density at radius 1 is 1.15 bits per heavy atom. The first-order chi connectivity index (χ1) is 9.54. The van der Waals surface area contributed by atoms with E-state index in [0.29, 0.717) is 12.4 Å². The van der Waals surface area contributed by atoms with Crippen LogP contribution in [-0.4, -0.2) is 29.5 Å². The van der Waals surface area contributed by atoms with Crippen LogP contribution in [0.5, 0.6) is 5.75 Å². The van der Waals surface area contributed by atoms with E-state index in [4.69, 9.17) is 9.84 Å². The molecule has 0 atom stereocenters. The number of nitrogens with one attached hydrogen (secondary N) is 2. The van der Waals surface area contributed by atoms with Crippen LogP contribution in [0.1, 0.15) is 30.1 Å². The molecule has 0 aliphatic heterocycles. The van der Waals surface area contributed by atoms with E-state index in [1.165, 1.54) is 0 Å². The first kappa shape index (κ1) is 15.5. The molecule has 0 unspecified atom stereocenters. The lowest BCUT2D eigenvalue weighted by molar-refractivity contribution is -0.138. The summed E-state index contributed by atoms with van der Waals surface area (Å²) in [5.41, 5.74) is 4.64. The summed E-state index contributed by atoms with van der Waals surface area (Å²) in [7, 11) is 0. The lowest BCUT2D eigenvalue weighted by atomic mass is 10.2. The molecule has 0 radical (unpaired) electrons. The summed E-state index contributed by atoms with van der Waals surface area (Å²) in [6.07, 6.45) is -0.500. The summed E-state index contributed by atoms with van der Waals surface area (Å²) >= 11 is 0. The molecule has 108 valence electrons. The Morgan fingerprint density at radius 3 is 2.50 bits per heavy atom.